The van der Waals surface area contributed by atoms with Gasteiger partial charge in [-0.15, -0.1) is 0 Å². The largest absolute Gasteiger partial charge is 0.396 e. The Morgan fingerprint density at radius 1 is 1.29 bits per heavy atom. The molecule has 6 heteroatoms. The number of anilines is 1. The molecule has 96 valence electrons. The van der Waals surface area contributed by atoms with Gasteiger partial charge in [-0.1, -0.05) is 0 Å². The number of hydrogen-bond acceptors (Lipinski definition) is 4. The molecule has 0 fully saturated rings. The van der Waals surface area contributed by atoms with E-state index in [4.69, 9.17) is 5.11 Å². The predicted molar refractivity (Wildman–Crippen MR) is 67.4 cm³/mol. The van der Waals surface area contributed by atoms with Gasteiger partial charge in [0, 0.05) is 12.3 Å². The third-order valence-corrected chi connectivity index (χ3v) is 3.53. The molecule has 0 radical (unpaired) electrons. The first-order valence-corrected chi connectivity index (χ1v) is 7.15. The van der Waals surface area contributed by atoms with Gasteiger partial charge in [-0.2, -0.15) is 0 Å². The average molecular weight is 258 g/mol. The lowest BCUT2D eigenvalue weighted by Gasteiger charge is -2.08. The van der Waals surface area contributed by atoms with Crippen molar-refractivity contribution < 1.29 is 13.5 Å². The minimum Gasteiger partial charge on any atom is -0.396 e. The van der Waals surface area contributed by atoms with Crippen molar-refractivity contribution in [3.05, 3.63) is 23.4 Å². The van der Waals surface area contributed by atoms with E-state index in [-0.39, 0.29) is 12.4 Å². The van der Waals surface area contributed by atoms with E-state index in [9.17, 15) is 8.42 Å². The fourth-order valence-electron chi connectivity index (χ4n) is 1.51. The first-order chi connectivity index (χ1) is 7.93. The maximum absolute atomic E-state index is 11.7. The number of aromatic nitrogens is 1. The van der Waals surface area contributed by atoms with Crippen molar-refractivity contribution in [2.45, 2.75) is 26.7 Å². The van der Waals surface area contributed by atoms with Gasteiger partial charge >= 0.3 is 0 Å². The van der Waals surface area contributed by atoms with Gasteiger partial charge in [0.1, 0.15) is 5.82 Å². The Balaban J connectivity index is 2.69. The molecule has 5 nitrogen and oxygen atoms in total. The zero-order valence-corrected chi connectivity index (χ0v) is 10.9. The van der Waals surface area contributed by atoms with Crippen molar-refractivity contribution in [2.24, 2.45) is 0 Å². The van der Waals surface area contributed by atoms with Crippen LogP contribution in [-0.4, -0.2) is 30.9 Å². The van der Waals surface area contributed by atoms with Crippen molar-refractivity contribution in [1.82, 2.24) is 4.98 Å². The third kappa shape index (κ3) is 5.14. The van der Waals surface area contributed by atoms with Crippen LogP contribution in [0.4, 0.5) is 5.82 Å². The van der Waals surface area contributed by atoms with Gasteiger partial charge in [-0.05, 0) is 44.4 Å². The molecule has 0 aliphatic heterocycles. The Morgan fingerprint density at radius 3 is 2.59 bits per heavy atom. The number of rotatable bonds is 6. The second kappa shape index (κ2) is 5.97. The van der Waals surface area contributed by atoms with E-state index in [0.29, 0.717) is 18.7 Å². The molecule has 17 heavy (non-hydrogen) atoms. The van der Waals surface area contributed by atoms with Crippen molar-refractivity contribution in [1.29, 1.82) is 0 Å². The zero-order chi connectivity index (χ0) is 12.9. The number of nitrogens with zero attached hydrogens (tertiary/aromatic N) is 1. The van der Waals surface area contributed by atoms with Crippen LogP contribution in [0.15, 0.2) is 12.1 Å². The van der Waals surface area contributed by atoms with E-state index >= 15 is 0 Å². The molecule has 0 saturated carbocycles. The van der Waals surface area contributed by atoms with Crippen LogP contribution < -0.4 is 4.72 Å². The van der Waals surface area contributed by atoms with Gasteiger partial charge in [0.25, 0.3) is 0 Å². The van der Waals surface area contributed by atoms with Crippen LogP contribution in [0, 0.1) is 13.8 Å². The molecule has 0 atom stereocenters. The summed E-state index contributed by atoms with van der Waals surface area (Å²) in [5.41, 5.74) is 1.74. The summed E-state index contributed by atoms with van der Waals surface area (Å²) in [7, 11) is -3.36. The number of unbranched alkanes of at least 4 members (excludes halogenated alkanes) is 1. The molecule has 1 aromatic rings. The Morgan fingerprint density at radius 2 is 2.00 bits per heavy atom. The molecule has 2 N–H and O–H groups in total. The Labute approximate surface area is 102 Å². The number of aliphatic hydroxyl groups excluding tert-OH is 1. The zero-order valence-electron chi connectivity index (χ0n) is 10.1. The Hall–Kier alpha value is -1.14. The highest BCUT2D eigenvalue weighted by Gasteiger charge is 2.11. The van der Waals surface area contributed by atoms with Gasteiger partial charge < -0.3 is 5.11 Å². The van der Waals surface area contributed by atoms with E-state index in [0.717, 1.165) is 11.3 Å². The molecular weight excluding hydrogens is 240 g/mol. The SMILES string of the molecule is Cc1cc(C)nc(NS(=O)(=O)CCCCO)c1. The lowest BCUT2D eigenvalue weighted by atomic mass is 10.2. The van der Waals surface area contributed by atoms with Crippen LogP contribution in [0.5, 0.6) is 0 Å². The molecular formula is C11H18N2O3S. The number of sulfonamides is 1. The van der Waals surface area contributed by atoms with Gasteiger partial charge in [0.05, 0.1) is 5.75 Å². The summed E-state index contributed by atoms with van der Waals surface area (Å²) in [5.74, 6) is 0.355. The molecule has 0 saturated heterocycles. The van der Waals surface area contributed by atoms with Crippen LogP contribution >= 0.6 is 0 Å². The molecule has 0 spiro atoms. The number of hydrogen-bond donors (Lipinski definition) is 2. The maximum atomic E-state index is 11.7. The van der Waals surface area contributed by atoms with Gasteiger partial charge in [0.15, 0.2) is 0 Å². The second-order valence-corrected chi connectivity index (χ2v) is 5.86. The number of aryl methyl sites for hydroxylation is 2. The van der Waals surface area contributed by atoms with Crippen LogP contribution in [-0.2, 0) is 10.0 Å². The normalized spacial score (nSPS) is 11.5. The molecule has 0 aromatic carbocycles. The highest BCUT2D eigenvalue weighted by atomic mass is 32.2. The van der Waals surface area contributed by atoms with Crippen LogP contribution in [0.3, 0.4) is 0 Å². The average Bonchev–Trinajstić information content (AvgIpc) is 2.14. The minimum atomic E-state index is -3.36. The van der Waals surface area contributed by atoms with Gasteiger partial charge in [0.2, 0.25) is 10.0 Å². The quantitative estimate of drug-likeness (QED) is 0.752. The van der Waals surface area contributed by atoms with Gasteiger partial charge in [-0.25, -0.2) is 13.4 Å². The third-order valence-electron chi connectivity index (χ3n) is 2.18. The van der Waals surface area contributed by atoms with E-state index in [1.54, 1.807) is 6.07 Å². The maximum Gasteiger partial charge on any atom is 0.233 e. The van der Waals surface area contributed by atoms with Crippen molar-refractivity contribution >= 4 is 15.8 Å². The van der Waals surface area contributed by atoms with Crippen molar-refractivity contribution in [3.63, 3.8) is 0 Å². The summed E-state index contributed by atoms with van der Waals surface area (Å²) in [6.45, 7) is 3.71. The van der Waals surface area contributed by atoms with E-state index < -0.39 is 10.0 Å². The molecule has 1 rings (SSSR count). The summed E-state index contributed by atoms with van der Waals surface area (Å²) in [4.78, 5) is 4.11. The summed E-state index contributed by atoms with van der Waals surface area (Å²) >= 11 is 0. The summed E-state index contributed by atoms with van der Waals surface area (Å²) in [6.07, 6.45) is 0.928. The van der Waals surface area contributed by atoms with E-state index in [2.05, 4.69) is 9.71 Å². The Bertz CT molecular complexity index is 451. The summed E-state index contributed by atoms with van der Waals surface area (Å²) in [5, 5.41) is 8.60. The van der Waals surface area contributed by atoms with Gasteiger partial charge in [-0.3, -0.25) is 4.72 Å². The van der Waals surface area contributed by atoms with Crippen molar-refractivity contribution in [2.75, 3.05) is 17.1 Å². The highest BCUT2D eigenvalue weighted by molar-refractivity contribution is 7.92. The van der Waals surface area contributed by atoms with Crippen molar-refractivity contribution in [3.8, 4) is 0 Å². The standard InChI is InChI=1S/C11H18N2O3S/c1-9-7-10(2)12-11(8-9)13-17(15,16)6-4-3-5-14/h7-8,14H,3-6H2,1-2H3,(H,12,13). The molecule has 0 bridgehead atoms. The summed E-state index contributed by atoms with van der Waals surface area (Å²) in [6, 6.07) is 3.57. The number of pyridine rings is 1. The fraction of sp³-hybridized carbons (Fsp3) is 0.545. The molecule has 0 unspecified atom stereocenters. The second-order valence-electron chi connectivity index (χ2n) is 4.02. The topological polar surface area (TPSA) is 79.3 Å². The fourth-order valence-corrected chi connectivity index (χ4v) is 2.62. The van der Waals surface area contributed by atoms with Crippen LogP contribution in [0.25, 0.3) is 0 Å². The van der Waals surface area contributed by atoms with E-state index in [1.165, 1.54) is 0 Å². The lowest BCUT2D eigenvalue weighted by molar-refractivity contribution is 0.287. The number of nitrogens with one attached hydrogen (secondary N) is 1. The van der Waals surface area contributed by atoms with Crippen LogP contribution in [0.2, 0.25) is 0 Å². The minimum absolute atomic E-state index is 0.00221. The molecule has 1 aromatic heterocycles. The summed E-state index contributed by atoms with van der Waals surface area (Å²) < 4.78 is 25.8. The molecule has 0 amide bonds. The molecule has 0 aliphatic carbocycles. The smallest absolute Gasteiger partial charge is 0.233 e. The molecule has 1 heterocycles. The first kappa shape index (κ1) is 13.9. The highest BCUT2D eigenvalue weighted by Crippen LogP contribution is 2.11. The van der Waals surface area contributed by atoms with E-state index in [1.807, 2.05) is 19.9 Å². The number of aliphatic hydroxyl groups is 1. The van der Waals surface area contributed by atoms with Crippen LogP contribution in [0.1, 0.15) is 24.1 Å². The monoisotopic (exact) mass is 258 g/mol. The first-order valence-electron chi connectivity index (χ1n) is 5.49. The lowest BCUT2D eigenvalue weighted by Crippen LogP contribution is -2.18. The Kier molecular flexibility index (Phi) is 4.89. The molecule has 0 aliphatic rings. The predicted octanol–water partition coefficient (Wildman–Crippen LogP) is 1.21.